The number of nitrogens with one attached hydrogen (secondary N) is 1. The first-order valence-corrected chi connectivity index (χ1v) is 10.7. The van der Waals surface area contributed by atoms with Crippen molar-refractivity contribution in [3.05, 3.63) is 34.3 Å². The molecule has 0 saturated heterocycles. The van der Waals surface area contributed by atoms with E-state index < -0.39 is 17.7 Å². The van der Waals surface area contributed by atoms with Gasteiger partial charge in [-0.1, -0.05) is 23.2 Å². The van der Waals surface area contributed by atoms with Crippen LogP contribution in [0.4, 0.5) is 11.4 Å². The first-order valence-electron chi connectivity index (χ1n) is 9.99. The Morgan fingerprint density at radius 3 is 2.27 bits per heavy atom. The highest BCUT2D eigenvalue weighted by atomic mass is 35.5. The molecule has 1 amide bonds. The number of hydrogen-bond acceptors (Lipinski definition) is 8. The first kappa shape index (κ1) is 26.2. The number of nitrogens with zero attached hydrogens (tertiary/aromatic N) is 2. The maximum absolute atomic E-state index is 12.9. The van der Waals surface area contributed by atoms with E-state index in [0.717, 1.165) is 0 Å². The van der Waals surface area contributed by atoms with Crippen LogP contribution >= 0.6 is 23.2 Å². The molecule has 0 saturated carbocycles. The average Bonchev–Trinajstić information content (AvgIpc) is 2.79. The molecule has 0 fully saturated rings. The average molecular weight is 498 g/mol. The van der Waals surface area contributed by atoms with Crippen LogP contribution in [0.1, 0.15) is 20.8 Å². The summed E-state index contributed by atoms with van der Waals surface area (Å²) in [7, 11) is 2.90. The Morgan fingerprint density at radius 1 is 1.00 bits per heavy atom. The van der Waals surface area contributed by atoms with E-state index in [9.17, 15) is 9.59 Å². The lowest BCUT2D eigenvalue weighted by molar-refractivity contribution is -0.126. The number of methoxy groups -OCH3 is 2. The van der Waals surface area contributed by atoms with Crippen molar-refractivity contribution in [3.63, 3.8) is 0 Å². The fraction of sp³-hybridized carbons (Fsp3) is 0.364. The van der Waals surface area contributed by atoms with Gasteiger partial charge in [0.25, 0.3) is 5.91 Å². The Bertz CT molecular complexity index is 1050. The number of ketones is 1. The molecule has 0 aliphatic carbocycles. The summed E-state index contributed by atoms with van der Waals surface area (Å²) in [4.78, 5) is 25.1. The molecule has 2 aromatic carbocycles. The highest BCUT2D eigenvalue weighted by Crippen LogP contribution is 2.41. The molecule has 0 heterocycles. The highest BCUT2D eigenvalue weighted by Gasteiger charge is 2.26. The lowest BCUT2D eigenvalue weighted by Gasteiger charge is -2.17. The minimum Gasteiger partial charge on any atom is -0.497 e. The Hall–Kier alpha value is -3.04. The summed E-state index contributed by atoms with van der Waals surface area (Å²) in [5, 5.41) is 10.9. The molecule has 11 heteroatoms. The zero-order valence-corrected chi connectivity index (χ0v) is 20.4. The van der Waals surface area contributed by atoms with Crippen LogP contribution in [0, 0.1) is 0 Å². The Kier molecular flexibility index (Phi) is 9.74. The van der Waals surface area contributed by atoms with Crippen molar-refractivity contribution >= 4 is 46.3 Å². The zero-order valence-electron chi connectivity index (χ0n) is 18.9. The fourth-order valence-electron chi connectivity index (χ4n) is 2.73. The van der Waals surface area contributed by atoms with E-state index in [4.69, 9.17) is 42.1 Å². The number of amides is 1. The number of hydrogen-bond donors (Lipinski definition) is 1. The maximum Gasteiger partial charge on any atom is 0.258 e. The van der Waals surface area contributed by atoms with Crippen LogP contribution in [0.3, 0.4) is 0 Å². The lowest BCUT2D eigenvalue weighted by Crippen LogP contribution is -2.32. The van der Waals surface area contributed by atoms with Gasteiger partial charge in [-0.05, 0) is 32.9 Å². The van der Waals surface area contributed by atoms with E-state index in [1.54, 1.807) is 25.1 Å². The summed E-state index contributed by atoms with van der Waals surface area (Å²) in [6.45, 7) is 5.52. The van der Waals surface area contributed by atoms with Crippen molar-refractivity contribution in [3.8, 4) is 23.0 Å². The molecule has 9 nitrogen and oxygen atoms in total. The predicted molar refractivity (Wildman–Crippen MR) is 126 cm³/mol. The molecule has 1 atom stereocenters. The van der Waals surface area contributed by atoms with E-state index in [0.29, 0.717) is 30.5 Å². The second kappa shape index (κ2) is 12.3. The molecule has 2 aromatic rings. The number of carbonyl (C=O) groups excluding carboxylic acids is 2. The van der Waals surface area contributed by atoms with Gasteiger partial charge < -0.3 is 24.3 Å². The third kappa shape index (κ3) is 6.49. The summed E-state index contributed by atoms with van der Waals surface area (Å²) < 4.78 is 21.4. The van der Waals surface area contributed by atoms with E-state index in [2.05, 4.69) is 15.5 Å². The third-order valence-electron chi connectivity index (χ3n) is 4.27. The predicted octanol–water partition coefficient (Wildman–Crippen LogP) is 5.49. The van der Waals surface area contributed by atoms with Crippen molar-refractivity contribution in [2.75, 3.05) is 32.8 Å². The van der Waals surface area contributed by atoms with Crippen molar-refractivity contribution in [2.24, 2.45) is 10.2 Å². The summed E-state index contributed by atoms with van der Waals surface area (Å²) in [5.74, 6) is 0.0950. The second-order valence-electron chi connectivity index (χ2n) is 6.50. The number of halogens is 2. The number of ether oxygens (including phenoxy) is 4. The SMILES string of the molecule is CCOc1ccc(NC(=O)C(N=Nc2cc(OC)cc(OC)c2Cl)C(C)=O)c(OCC)c1Cl. The third-order valence-corrected chi connectivity index (χ3v) is 5.01. The molecule has 33 heavy (non-hydrogen) atoms. The second-order valence-corrected chi connectivity index (χ2v) is 7.26. The van der Waals surface area contributed by atoms with Crippen molar-refractivity contribution < 1.29 is 28.5 Å². The summed E-state index contributed by atoms with van der Waals surface area (Å²) >= 11 is 12.6. The van der Waals surface area contributed by atoms with Gasteiger partial charge in [0.1, 0.15) is 33.0 Å². The smallest absolute Gasteiger partial charge is 0.258 e. The van der Waals surface area contributed by atoms with E-state index in [-0.39, 0.29) is 27.2 Å². The summed E-state index contributed by atoms with van der Waals surface area (Å²) in [5.41, 5.74) is 0.434. The maximum atomic E-state index is 12.9. The van der Waals surface area contributed by atoms with E-state index >= 15 is 0 Å². The molecule has 0 spiro atoms. The molecule has 0 aliphatic rings. The molecule has 1 unspecified atom stereocenters. The van der Waals surface area contributed by atoms with Gasteiger partial charge in [-0.25, -0.2) is 0 Å². The van der Waals surface area contributed by atoms with Crippen molar-refractivity contribution in [1.82, 2.24) is 0 Å². The fourth-order valence-corrected chi connectivity index (χ4v) is 3.22. The molecule has 1 N–H and O–H groups in total. The van der Waals surface area contributed by atoms with Crippen LogP contribution in [0.15, 0.2) is 34.5 Å². The van der Waals surface area contributed by atoms with Gasteiger partial charge in [0.05, 0.1) is 33.1 Å². The largest absolute Gasteiger partial charge is 0.497 e. The number of azo groups is 1. The van der Waals surface area contributed by atoms with E-state index in [1.807, 2.05) is 6.92 Å². The first-order chi connectivity index (χ1) is 15.8. The van der Waals surface area contributed by atoms with Gasteiger partial charge in [0, 0.05) is 12.1 Å². The minimum absolute atomic E-state index is 0.154. The summed E-state index contributed by atoms with van der Waals surface area (Å²) in [6, 6.07) is 4.79. The zero-order chi connectivity index (χ0) is 24.5. The van der Waals surface area contributed by atoms with Crippen LogP contribution in [-0.2, 0) is 9.59 Å². The Balaban J connectivity index is 2.36. The molecular formula is C22H25Cl2N3O6. The standard InChI is InChI=1S/C22H25Cl2N3O6/c1-6-32-16-9-8-14(21(19(16)24)33-7-2)25-22(29)20(12(3)28)27-26-15-10-13(30-4)11-17(31-5)18(15)23/h8-11,20H,6-7H2,1-5H3,(H,25,29). The van der Waals surface area contributed by atoms with Gasteiger partial charge >= 0.3 is 0 Å². The number of rotatable bonds is 11. The van der Waals surface area contributed by atoms with E-state index in [1.165, 1.54) is 27.2 Å². The molecule has 0 radical (unpaired) electrons. The number of Topliss-reactive ketones (excluding diaryl/α,β-unsaturated/α-hetero) is 1. The van der Waals surface area contributed by atoms with Gasteiger partial charge in [-0.2, -0.15) is 10.2 Å². The minimum atomic E-state index is -1.45. The highest BCUT2D eigenvalue weighted by molar-refractivity contribution is 6.34. The van der Waals surface area contributed by atoms with Gasteiger partial charge in [0.15, 0.2) is 11.5 Å². The van der Waals surface area contributed by atoms with Gasteiger partial charge in [-0.15, -0.1) is 0 Å². The number of carbonyl (C=O) groups is 2. The Morgan fingerprint density at radius 2 is 1.70 bits per heavy atom. The Labute approximate surface area is 202 Å². The topological polar surface area (TPSA) is 108 Å². The van der Waals surface area contributed by atoms with Crippen LogP contribution in [0.2, 0.25) is 10.0 Å². The monoisotopic (exact) mass is 497 g/mol. The van der Waals surface area contributed by atoms with Gasteiger partial charge in [0.2, 0.25) is 6.04 Å². The molecular weight excluding hydrogens is 473 g/mol. The van der Waals surface area contributed by atoms with Gasteiger partial charge in [-0.3, -0.25) is 9.59 Å². The quantitative estimate of drug-likeness (QED) is 0.324. The lowest BCUT2D eigenvalue weighted by atomic mass is 10.2. The molecule has 0 aliphatic heterocycles. The number of benzene rings is 2. The van der Waals surface area contributed by atoms with Crippen LogP contribution < -0.4 is 24.3 Å². The molecule has 0 bridgehead atoms. The molecule has 178 valence electrons. The van der Waals surface area contributed by atoms with Crippen molar-refractivity contribution in [2.45, 2.75) is 26.8 Å². The molecule has 0 aromatic heterocycles. The summed E-state index contributed by atoms with van der Waals surface area (Å²) in [6.07, 6.45) is 0. The van der Waals surface area contributed by atoms with Crippen molar-refractivity contribution in [1.29, 1.82) is 0 Å². The molecule has 2 rings (SSSR count). The van der Waals surface area contributed by atoms with Crippen LogP contribution in [0.5, 0.6) is 23.0 Å². The van der Waals surface area contributed by atoms with Crippen LogP contribution in [-0.4, -0.2) is 45.2 Å². The van der Waals surface area contributed by atoms with Crippen LogP contribution in [0.25, 0.3) is 0 Å². The number of anilines is 1. The normalized spacial score (nSPS) is 11.7.